The first kappa shape index (κ1) is 21.7. The van der Waals surface area contributed by atoms with Crippen molar-refractivity contribution in [2.24, 2.45) is 4.99 Å². The fourth-order valence-corrected chi connectivity index (χ4v) is 3.34. The molecule has 0 aromatic heterocycles. The van der Waals surface area contributed by atoms with Crippen LogP contribution >= 0.6 is 0 Å². The first-order valence-corrected chi connectivity index (χ1v) is 10.3. The molecule has 0 saturated carbocycles. The summed E-state index contributed by atoms with van der Waals surface area (Å²) in [6.45, 7) is 11.8. The number of hydrogen-bond acceptors (Lipinski definition) is 3. The van der Waals surface area contributed by atoms with Crippen LogP contribution in [0.4, 0.5) is 0 Å². The van der Waals surface area contributed by atoms with Gasteiger partial charge in [0.1, 0.15) is 0 Å². The van der Waals surface area contributed by atoms with Crippen LogP contribution in [0, 0.1) is 6.92 Å². The number of aryl methyl sites for hydroxylation is 1. The molecule has 1 aromatic rings. The number of nitrogens with zero attached hydrogens (tertiary/aromatic N) is 2. The van der Waals surface area contributed by atoms with Crippen molar-refractivity contribution in [1.29, 1.82) is 0 Å². The third-order valence-corrected chi connectivity index (χ3v) is 5.08. The molecule has 1 unspecified atom stereocenters. The third kappa shape index (κ3) is 7.51. The molecule has 1 N–H and O–H groups in total. The number of likely N-dealkylation sites (tertiary alicyclic amines) is 1. The Morgan fingerprint density at radius 3 is 2.56 bits per heavy atom. The molecule has 0 aliphatic carbocycles. The number of benzene rings is 1. The second-order valence-electron chi connectivity index (χ2n) is 7.41. The van der Waals surface area contributed by atoms with Crippen LogP contribution in [0.1, 0.15) is 50.2 Å². The van der Waals surface area contributed by atoms with Gasteiger partial charge in [-0.2, -0.15) is 0 Å². The smallest absolute Gasteiger partial charge is 0.193 e. The zero-order valence-electron chi connectivity index (χ0n) is 17.5. The lowest BCUT2D eigenvalue weighted by molar-refractivity contribution is 0.00990. The molecule has 1 fully saturated rings. The van der Waals surface area contributed by atoms with E-state index in [2.05, 4.69) is 55.3 Å². The van der Waals surface area contributed by atoms with Crippen LogP contribution < -0.4 is 5.32 Å². The van der Waals surface area contributed by atoms with Gasteiger partial charge in [-0.1, -0.05) is 36.8 Å². The van der Waals surface area contributed by atoms with Gasteiger partial charge in [0.05, 0.1) is 6.10 Å². The molecule has 27 heavy (non-hydrogen) atoms. The highest BCUT2D eigenvalue weighted by Gasteiger charge is 2.22. The largest absolute Gasteiger partial charge is 0.385 e. The van der Waals surface area contributed by atoms with E-state index in [0.29, 0.717) is 12.0 Å². The maximum atomic E-state index is 5.97. The molecule has 1 aliphatic rings. The summed E-state index contributed by atoms with van der Waals surface area (Å²) in [7, 11) is 1.74. The number of piperidine rings is 1. The van der Waals surface area contributed by atoms with Crippen molar-refractivity contribution in [2.45, 2.75) is 52.1 Å². The summed E-state index contributed by atoms with van der Waals surface area (Å²) < 4.78 is 11.1. The van der Waals surface area contributed by atoms with Crippen LogP contribution in [-0.4, -0.2) is 63.5 Å². The van der Waals surface area contributed by atoms with Gasteiger partial charge in [0.25, 0.3) is 0 Å². The lowest BCUT2D eigenvalue weighted by Crippen LogP contribution is -2.47. The number of rotatable bonds is 9. The van der Waals surface area contributed by atoms with Crippen LogP contribution in [0.3, 0.4) is 0 Å². The van der Waals surface area contributed by atoms with Gasteiger partial charge < -0.3 is 19.7 Å². The predicted octanol–water partition coefficient (Wildman–Crippen LogP) is 3.58. The monoisotopic (exact) mass is 375 g/mol. The van der Waals surface area contributed by atoms with E-state index in [1.165, 1.54) is 11.1 Å². The van der Waals surface area contributed by atoms with Gasteiger partial charge in [-0.05, 0) is 38.7 Å². The average molecular weight is 376 g/mol. The van der Waals surface area contributed by atoms with Gasteiger partial charge in [0.15, 0.2) is 5.96 Å². The number of methoxy groups -OCH3 is 1. The van der Waals surface area contributed by atoms with Crippen molar-refractivity contribution < 1.29 is 9.47 Å². The van der Waals surface area contributed by atoms with Gasteiger partial charge in [0.2, 0.25) is 0 Å². The van der Waals surface area contributed by atoms with E-state index in [1.807, 2.05) is 0 Å². The molecule has 5 nitrogen and oxygen atoms in total. The molecule has 1 atom stereocenters. The van der Waals surface area contributed by atoms with Crippen molar-refractivity contribution in [2.75, 3.05) is 46.5 Å². The molecular weight excluding hydrogens is 338 g/mol. The molecule has 1 heterocycles. The summed E-state index contributed by atoms with van der Waals surface area (Å²) in [5, 5.41) is 3.46. The van der Waals surface area contributed by atoms with E-state index in [-0.39, 0.29) is 0 Å². The quantitative estimate of drug-likeness (QED) is 0.407. The number of hydrogen-bond donors (Lipinski definition) is 1. The Bertz CT molecular complexity index is 551. The lowest BCUT2D eigenvalue weighted by atomic mass is 10.0. The number of aliphatic imine (C=N–C) groups is 1. The molecule has 0 bridgehead atoms. The van der Waals surface area contributed by atoms with Crippen molar-refractivity contribution in [3.8, 4) is 0 Å². The van der Waals surface area contributed by atoms with Crippen LogP contribution in [0.2, 0.25) is 0 Å². The van der Waals surface area contributed by atoms with Gasteiger partial charge in [-0.25, -0.2) is 0 Å². The second-order valence-corrected chi connectivity index (χ2v) is 7.41. The Balaban J connectivity index is 1.83. The minimum absolute atomic E-state index is 0.368. The number of guanidine groups is 1. The Morgan fingerprint density at radius 1 is 1.22 bits per heavy atom. The summed E-state index contributed by atoms with van der Waals surface area (Å²) in [4.78, 5) is 7.30. The van der Waals surface area contributed by atoms with Crippen LogP contribution in [0.5, 0.6) is 0 Å². The fraction of sp³-hybridized carbons (Fsp3) is 0.682. The maximum Gasteiger partial charge on any atom is 0.193 e. The standard InChI is InChI=1S/C22H37N3O2/c1-5-23-22(24-17-19(3)20-9-7-18(2)8-10-20)25-13-11-21(12-14-25)27-16-6-15-26-4/h7-10,19,21H,5-6,11-17H2,1-4H3,(H,23,24). The second kappa shape index (κ2) is 12.0. The Labute approximate surface area is 165 Å². The van der Waals surface area contributed by atoms with Crippen molar-refractivity contribution in [1.82, 2.24) is 10.2 Å². The van der Waals surface area contributed by atoms with Crippen molar-refractivity contribution in [3.05, 3.63) is 35.4 Å². The van der Waals surface area contributed by atoms with Crippen molar-refractivity contribution >= 4 is 5.96 Å². The van der Waals surface area contributed by atoms with E-state index in [4.69, 9.17) is 14.5 Å². The Kier molecular flexibility index (Phi) is 9.64. The van der Waals surface area contributed by atoms with Gasteiger partial charge >= 0.3 is 0 Å². The first-order valence-electron chi connectivity index (χ1n) is 10.3. The summed E-state index contributed by atoms with van der Waals surface area (Å²) in [6, 6.07) is 8.79. The molecule has 152 valence electrons. The number of nitrogens with one attached hydrogen (secondary N) is 1. The zero-order valence-corrected chi connectivity index (χ0v) is 17.5. The summed E-state index contributed by atoms with van der Waals surface area (Å²) in [5.41, 5.74) is 2.65. The zero-order chi connectivity index (χ0) is 19.5. The Hall–Kier alpha value is -1.59. The predicted molar refractivity (Wildman–Crippen MR) is 113 cm³/mol. The van der Waals surface area contributed by atoms with Crippen LogP contribution in [0.25, 0.3) is 0 Å². The lowest BCUT2D eigenvalue weighted by Gasteiger charge is -2.34. The molecule has 2 rings (SSSR count). The van der Waals surface area contributed by atoms with Crippen LogP contribution in [-0.2, 0) is 9.47 Å². The number of ether oxygens (including phenoxy) is 2. The van der Waals surface area contributed by atoms with Crippen LogP contribution in [0.15, 0.2) is 29.3 Å². The van der Waals surface area contributed by atoms with E-state index in [0.717, 1.165) is 64.6 Å². The summed E-state index contributed by atoms with van der Waals surface area (Å²) >= 11 is 0. The molecule has 0 radical (unpaired) electrons. The van der Waals surface area contributed by atoms with E-state index in [9.17, 15) is 0 Å². The molecule has 1 saturated heterocycles. The summed E-state index contributed by atoms with van der Waals surface area (Å²) in [6.07, 6.45) is 3.46. The minimum atomic E-state index is 0.368. The molecule has 0 amide bonds. The first-order chi connectivity index (χ1) is 13.1. The van der Waals surface area contributed by atoms with Gasteiger partial charge in [0, 0.05) is 52.4 Å². The minimum Gasteiger partial charge on any atom is -0.385 e. The highest BCUT2D eigenvalue weighted by Crippen LogP contribution is 2.17. The average Bonchev–Trinajstić information content (AvgIpc) is 2.69. The molecule has 5 heteroatoms. The van der Waals surface area contributed by atoms with E-state index in [1.54, 1.807) is 7.11 Å². The fourth-order valence-electron chi connectivity index (χ4n) is 3.34. The topological polar surface area (TPSA) is 46.1 Å². The summed E-state index contributed by atoms with van der Waals surface area (Å²) in [5.74, 6) is 1.45. The Morgan fingerprint density at radius 2 is 1.93 bits per heavy atom. The molecule has 0 spiro atoms. The van der Waals surface area contributed by atoms with Gasteiger partial charge in [-0.3, -0.25) is 4.99 Å². The SMILES string of the molecule is CCNC(=NCC(C)c1ccc(C)cc1)N1CCC(OCCCOC)CC1. The normalized spacial score (nSPS) is 17.2. The molecule has 1 aliphatic heterocycles. The van der Waals surface area contributed by atoms with Gasteiger partial charge in [-0.15, -0.1) is 0 Å². The third-order valence-electron chi connectivity index (χ3n) is 5.08. The highest BCUT2D eigenvalue weighted by atomic mass is 16.5. The van der Waals surface area contributed by atoms with Crippen molar-refractivity contribution in [3.63, 3.8) is 0 Å². The highest BCUT2D eigenvalue weighted by molar-refractivity contribution is 5.80. The van der Waals surface area contributed by atoms with E-state index >= 15 is 0 Å². The van der Waals surface area contributed by atoms with E-state index < -0.39 is 0 Å². The molecule has 1 aromatic carbocycles. The molecular formula is C22H37N3O2. The maximum absolute atomic E-state index is 5.97.